The van der Waals surface area contributed by atoms with Gasteiger partial charge in [-0.05, 0) is 68.4 Å². The summed E-state index contributed by atoms with van der Waals surface area (Å²) < 4.78 is 5.38. The molecule has 1 N–H and O–H groups in total. The van der Waals surface area contributed by atoms with Gasteiger partial charge in [-0.3, -0.25) is 0 Å². The van der Waals surface area contributed by atoms with Crippen molar-refractivity contribution < 1.29 is 4.42 Å². The second-order valence-corrected chi connectivity index (χ2v) is 8.53. The Morgan fingerprint density at radius 3 is 2.55 bits per heavy atom. The van der Waals surface area contributed by atoms with Gasteiger partial charge in [0, 0.05) is 10.8 Å². The Morgan fingerprint density at radius 2 is 1.91 bits per heavy atom. The van der Waals surface area contributed by atoms with Crippen LogP contribution in [0.3, 0.4) is 0 Å². The van der Waals surface area contributed by atoms with E-state index in [0.29, 0.717) is 5.41 Å². The molecule has 4 bridgehead atoms. The summed E-state index contributed by atoms with van der Waals surface area (Å²) in [7, 11) is 0. The van der Waals surface area contributed by atoms with Gasteiger partial charge >= 0.3 is 0 Å². The molecule has 3 nitrogen and oxygen atoms in total. The zero-order valence-electron chi connectivity index (χ0n) is 12.8. The maximum absolute atomic E-state index is 5.38. The Kier molecular flexibility index (Phi) is 2.91. The van der Waals surface area contributed by atoms with Crippen LogP contribution >= 0.6 is 11.3 Å². The maximum Gasteiger partial charge on any atom is 0.183 e. The second kappa shape index (κ2) is 4.85. The number of thiazole rings is 1. The summed E-state index contributed by atoms with van der Waals surface area (Å²) in [6, 6.07) is 3.93. The fourth-order valence-corrected chi connectivity index (χ4v) is 6.43. The van der Waals surface area contributed by atoms with Gasteiger partial charge < -0.3 is 9.73 Å². The Hall–Kier alpha value is -1.29. The van der Waals surface area contributed by atoms with E-state index < -0.39 is 0 Å². The van der Waals surface area contributed by atoms with Crippen LogP contribution in [0.1, 0.15) is 50.0 Å². The van der Waals surface area contributed by atoms with Gasteiger partial charge in [0.05, 0.1) is 18.5 Å². The molecule has 0 radical (unpaired) electrons. The van der Waals surface area contributed by atoms with Crippen molar-refractivity contribution in [1.82, 2.24) is 4.98 Å². The number of aromatic nitrogens is 1. The van der Waals surface area contributed by atoms with E-state index in [-0.39, 0.29) is 0 Å². The van der Waals surface area contributed by atoms with Gasteiger partial charge in [0.2, 0.25) is 0 Å². The third-order valence-corrected chi connectivity index (χ3v) is 6.88. The third kappa shape index (κ3) is 2.11. The predicted molar refractivity (Wildman–Crippen MR) is 88.0 cm³/mol. The van der Waals surface area contributed by atoms with Crippen molar-refractivity contribution in [2.45, 2.75) is 50.5 Å². The molecule has 0 atom stereocenters. The number of nitrogens with one attached hydrogen (secondary N) is 1. The van der Waals surface area contributed by atoms with E-state index in [1.807, 2.05) is 12.1 Å². The Labute approximate surface area is 135 Å². The molecule has 4 aliphatic carbocycles. The zero-order valence-corrected chi connectivity index (χ0v) is 13.6. The predicted octanol–water partition coefficient (Wildman–Crippen LogP) is 4.82. The highest BCUT2D eigenvalue weighted by Gasteiger charge is 2.52. The lowest BCUT2D eigenvalue weighted by Crippen LogP contribution is -2.48. The first kappa shape index (κ1) is 13.2. The molecule has 2 aromatic heterocycles. The topological polar surface area (TPSA) is 38.1 Å². The summed E-state index contributed by atoms with van der Waals surface area (Å²) in [4.78, 5) is 4.97. The Bertz CT molecular complexity index is 625. The Morgan fingerprint density at radius 1 is 1.18 bits per heavy atom. The van der Waals surface area contributed by atoms with Gasteiger partial charge in [0.1, 0.15) is 5.76 Å². The maximum atomic E-state index is 5.38. The van der Waals surface area contributed by atoms with E-state index in [9.17, 15) is 0 Å². The lowest BCUT2D eigenvalue weighted by molar-refractivity contribution is -0.00688. The van der Waals surface area contributed by atoms with E-state index in [1.54, 1.807) is 17.6 Å². The molecule has 6 rings (SSSR count). The van der Waals surface area contributed by atoms with Crippen LogP contribution in [-0.4, -0.2) is 4.98 Å². The highest BCUT2D eigenvalue weighted by atomic mass is 32.1. The molecule has 4 heteroatoms. The summed E-state index contributed by atoms with van der Waals surface area (Å²) in [6.45, 7) is 0.723. The molecule has 2 heterocycles. The summed E-state index contributed by atoms with van der Waals surface area (Å²) in [5.41, 5.74) is 1.79. The van der Waals surface area contributed by atoms with E-state index in [4.69, 9.17) is 9.40 Å². The van der Waals surface area contributed by atoms with Crippen molar-refractivity contribution in [3.8, 4) is 0 Å². The summed E-state index contributed by atoms with van der Waals surface area (Å²) in [6.07, 6.45) is 10.4. The molecular formula is C18H22N2OS. The van der Waals surface area contributed by atoms with E-state index in [2.05, 4.69) is 10.7 Å². The van der Waals surface area contributed by atoms with Crippen molar-refractivity contribution in [2.24, 2.45) is 17.8 Å². The van der Waals surface area contributed by atoms with Crippen molar-refractivity contribution in [2.75, 3.05) is 5.32 Å². The van der Waals surface area contributed by atoms with Crippen LogP contribution in [-0.2, 0) is 12.0 Å². The van der Waals surface area contributed by atoms with E-state index in [1.165, 1.54) is 44.2 Å². The lowest BCUT2D eigenvalue weighted by Gasteiger charge is -2.56. The van der Waals surface area contributed by atoms with Gasteiger partial charge in [0.15, 0.2) is 5.13 Å². The van der Waals surface area contributed by atoms with Crippen molar-refractivity contribution in [3.05, 3.63) is 35.2 Å². The van der Waals surface area contributed by atoms with E-state index in [0.717, 1.165) is 35.2 Å². The van der Waals surface area contributed by atoms with Crippen LogP contribution in [0.4, 0.5) is 5.13 Å². The molecule has 4 saturated carbocycles. The molecule has 2 aromatic rings. The van der Waals surface area contributed by atoms with Crippen molar-refractivity contribution >= 4 is 16.5 Å². The van der Waals surface area contributed by atoms with Gasteiger partial charge in [0.25, 0.3) is 0 Å². The zero-order chi connectivity index (χ0) is 14.6. The monoisotopic (exact) mass is 314 g/mol. The minimum absolute atomic E-state index is 0.413. The minimum Gasteiger partial charge on any atom is -0.467 e. The fraction of sp³-hybridized carbons (Fsp3) is 0.611. The molecule has 4 fully saturated rings. The van der Waals surface area contributed by atoms with Crippen molar-refractivity contribution in [3.63, 3.8) is 0 Å². The fourth-order valence-electron chi connectivity index (χ4n) is 5.60. The summed E-state index contributed by atoms with van der Waals surface area (Å²) in [5.74, 6) is 3.90. The number of hydrogen-bond acceptors (Lipinski definition) is 4. The number of hydrogen-bond donors (Lipinski definition) is 1. The van der Waals surface area contributed by atoms with Crippen LogP contribution in [0.2, 0.25) is 0 Å². The van der Waals surface area contributed by atoms with Crippen LogP contribution in [0.15, 0.2) is 28.2 Å². The molecule has 0 amide bonds. The number of nitrogens with zero attached hydrogens (tertiary/aromatic N) is 1. The molecule has 0 unspecified atom stereocenters. The minimum atomic E-state index is 0.413. The average molecular weight is 314 g/mol. The lowest BCUT2D eigenvalue weighted by atomic mass is 9.49. The van der Waals surface area contributed by atoms with Gasteiger partial charge in [-0.2, -0.15) is 0 Å². The second-order valence-electron chi connectivity index (χ2n) is 7.67. The largest absolute Gasteiger partial charge is 0.467 e. The normalized spacial score (nSPS) is 35.9. The molecule has 4 aliphatic rings. The summed E-state index contributed by atoms with van der Waals surface area (Å²) >= 11 is 1.76. The number of anilines is 1. The van der Waals surface area contributed by atoms with Gasteiger partial charge in [-0.25, -0.2) is 4.98 Å². The molecule has 0 aromatic carbocycles. The van der Waals surface area contributed by atoms with Crippen LogP contribution < -0.4 is 5.32 Å². The molecule has 0 spiro atoms. The first-order valence-electron chi connectivity index (χ1n) is 8.51. The van der Waals surface area contributed by atoms with Crippen LogP contribution in [0.25, 0.3) is 0 Å². The Balaban J connectivity index is 1.35. The summed E-state index contributed by atoms with van der Waals surface area (Å²) in [5, 5.41) is 6.77. The molecule has 22 heavy (non-hydrogen) atoms. The van der Waals surface area contributed by atoms with Gasteiger partial charge in [-0.1, -0.05) is 0 Å². The smallest absolute Gasteiger partial charge is 0.183 e. The van der Waals surface area contributed by atoms with Crippen molar-refractivity contribution in [1.29, 1.82) is 0 Å². The molecule has 0 aliphatic heterocycles. The first-order valence-corrected chi connectivity index (χ1v) is 9.39. The van der Waals surface area contributed by atoms with E-state index >= 15 is 0 Å². The molecule has 116 valence electrons. The van der Waals surface area contributed by atoms with Crippen LogP contribution in [0, 0.1) is 17.8 Å². The highest BCUT2D eigenvalue weighted by molar-refractivity contribution is 7.13. The molecule has 0 saturated heterocycles. The molecular weight excluding hydrogens is 292 g/mol. The SMILES string of the molecule is c1coc(CNc2nc(C34CC5CC(CC(C5)C3)C4)cs2)c1. The van der Waals surface area contributed by atoms with Gasteiger partial charge in [-0.15, -0.1) is 11.3 Å². The first-order chi connectivity index (χ1) is 10.8. The van der Waals surface area contributed by atoms with Crippen LogP contribution in [0.5, 0.6) is 0 Å². The average Bonchev–Trinajstić information content (AvgIpc) is 3.16. The highest BCUT2D eigenvalue weighted by Crippen LogP contribution is 2.60. The standard InChI is InChI=1S/C18H22N2OS/c1-2-15(21-3-1)10-19-17-20-16(11-22-17)18-7-12-4-13(8-18)6-14(5-12)9-18/h1-3,11-14H,4-10H2,(H,19,20). The quantitative estimate of drug-likeness (QED) is 0.879. The third-order valence-electron chi connectivity index (χ3n) is 6.08. The number of rotatable bonds is 4. The number of furan rings is 1.